The molecule has 7 heteroatoms. The molecule has 28 heavy (non-hydrogen) atoms. The highest BCUT2D eigenvalue weighted by atomic mass is 19.1. The van der Waals surface area contributed by atoms with Crippen LogP contribution in [0, 0.1) is 25.6 Å². The number of nitrogens with zero attached hydrogens (tertiary/aromatic N) is 3. The van der Waals surface area contributed by atoms with Crippen LogP contribution in [0.2, 0.25) is 0 Å². The molecule has 2 N–H and O–H groups in total. The molecule has 1 saturated heterocycles. The Morgan fingerprint density at radius 2 is 2.00 bits per heavy atom. The van der Waals surface area contributed by atoms with Crippen molar-refractivity contribution in [2.75, 3.05) is 26.7 Å². The standard InChI is InChI=1S/C21H30FN5O/c1-15-16(2)28-20(26-15)13-25-21(23-3)24-12-17-8-10-27(11-9-17)14-18-6-4-5-7-19(18)22/h4-7,17H,8-14H2,1-3H3,(H2,23,24,25). The van der Waals surface area contributed by atoms with E-state index in [9.17, 15) is 4.39 Å². The molecule has 0 unspecified atom stereocenters. The molecule has 3 rings (SSSR count). The zero-order chi connectivity index (χ0) is 19.9. The van der Waals surface area contributed by atoms with Crippen molar-refractivity contribution in [1.29, 1.82) is 0 Å². The van der Waals surface area contributed by atoms with Gasteiger partial charge in [0.15, 0.2) is 5.96 Å². The van der Waals surface area contributed by atoms with Crippen molar-refractivity contribution in [3.05, 3.63) is 53.0 Å². The molecule has 0 radical (unpaired) electrons. The quantitative estimate of drug-likeness (QED) is 0.589. The molecular formula is C21H30FN5O. The molecule has 1 aliphatic heterocycles. The molecule has 0 aliphatic carbocycles. The molecule has 0 amide bonds. The van der Waals surface area contributed by atoms with Gasteiger partial charge in [0.05, 0.1) is 12.2 Å². The number of aromatic nitrogens is 1. The summed E-state index contributed by atoms with van der Waals surface area (Å²) in [5, 5.41) is 6.64. The summed E-state index contributed by atoms with van der Waals surface area (Å²) < 4.78 is 19.4. The first kappa shape index (κ1) is 20.3. The van der Waals surface area contributed by atoms with E-state index in [4.69, 9.17) is 4.42 Å². The Morgan fingerprint density at radius 3 is 2.64 bits per heavy atom. The lowest BCUT2D eigenvalue weighted by atomic mass is 9.96. The number of hydrogen-bond donors (Lipinski definition) is 2. The number of hydrogen-bond acceptors (Lipinski definition) is 4. The van der Waals surface area contributed by atoms with Gasteiger partial charge in [-0.25, -0.2) is 9.37 Å². The number of guanidine groups is 1. The first-order valence-corrected chi connectivity index (χ1v) is 9.88. The summed E-state index contributed by atoms with van der Waals surface area (Å²) in [7, 11) is 1.76. The summed E-state index contributed by atoms with van der Waals surface area (Å²) in [5.41, 5.74) is 1.70. The number of benzene rings is 1. The van der Waals surface area contributed by atoms with Gasteiger partial charge in [0.1, 0.15) is 11.6 Å². The van der Waals surface area contributed by atoms with E-state index in [2.05, 4.69) is 25.5 Å². The van der Waals surface area contributed by atoms with Crippen LogP contribution >= 0.6 is 0 Å². The lowest BCUT2D eigenvalue weighted by Gasteiger charge is -2.32. The molecule has 6 nitrogen and oxygen atoms in total. The van der Waals surface area contributed by atoms with E-state index in [1.165, 1.54) is 6.07 Å². The number of rotatable bonds is 6. The van der Waals surface area contributed by atoms with Crippen LogP contribution in [0.3, 0.4) is 0 Å². The minimum atomic E-state index is -0.113. The third-order valence-electron chi connectivity index (χ3n) is 5.32. The number of nitrogens with one attached hydrogen (secondary N) is 2. The third-order valence-corrected chi connectivity index (χ3v) is 5.32. The number of aryl methyl sites for hydroxylation is 2. The molecule has 0 saturated carbocycles. The lowest BCUT2D eigenvalue weighted by molar-refractivity contribution is 0.176. The van der Waals surface area contributed by atoms with E-state index in [0.29, 0.717) is 24.9 Å². The van der Waals surface area contributed by atoms with Crippen molar-refractivity contribution in [2.24, 2.45) is 10.9 Å². The molecule has 2 aromatic rings. The zero-order valence-electron chi connectivity index (χ0n) is 17.0. The Hall–Kier alpha value is -2.41. The van der Waals surface area contributed by atoms with Crippen LogP contribution in [-0.4, -0.2) is 42.5 Å². The fraction of sp³-hybridized carbons (Fsp3) is 0.524. The van der Waals surface area contributed by atoms with Crippen molar-refractivity contribution in [2.45, 2.75) is 39.8 Å². The Bertz CT molecular complexity index is 776. The Balaban J connectivity index is 1.38. The molecule has 1 fully saturated rings. The van der Waals surface area contributed by atoms with Crippen LogP contribution < -0.4 is 10.6 Å². The lowest BCUT2D eigenvalue weighted by Crippen LogP contribution is -2.42. The van der Waals surface area contributed by atoms with E-state index in [0.717, 1.165) is 55.5 Å². The maximum Gasteiger partial charge on any atom is 0.214 e. The van der Waals surface area contributed by atoms with Crippen molar-refractivity contribution in [3.63, 3.8) is 0 Å². The maximum atomic E-state index is 13.8. The van der Waals surface area contributed by atoms with E-state index in [1.54, 1.807) is 13.1 Å². The molecule has 2 heterocycles. The molecule has 0 atom stereocenters. The van der Waals surface area contributed by atoms with Crippen LogP contribution in [0.15, 0.2) is 33.7 Å². The molecular weight excluding hydrogens is 357 g/mol. The third kappa shape index (κ3) is 5.55. The Morgan fingerprint density at radius 1 is 1.25 bits per heavy atom. The van der Waals surface area contributed by atoms with Crippen LogP contribution in [0.25, 0.3) is 0 Å². The first-order valence-electron chi connectivity index (χ1n) is 9.88. The van der Waals surface area contributed by atoms with Gasteiger partial charge in [-0.15, -0.1) is 0 Å². The van der Waals surface area contributed by atoms with Crippen molar-refractivity contribution >= 4 is 5.96 Å². The van der Waals surface area contributed by atoms with E-state index in [1.807, 2.05) is 26.0 Å². The predicted octanol–water partition coefficient (Wildman–Crippen LogP) is 3.01. The molecule has 0 spiro atoms. The van der Waals surface area contributed by atoms with Gasteiger partial charge in [0.25, 0.3) is 0 Å². The second kappa shape index (κ2) is 9.68. The smallest absolute Gasteiger partial charge is 0.214 e. The highest BCUT2D eigenvalue weighted by Gasteiger charge is 2.20. The SMILES string of the molecule is CN=C(NCc1nc(C)c(C)o1)NCC1CCN(Cc2ccccc2F)CC1. The van der Waals surface area contributed by atoms with E-state index in [-0.39, 0.29) is 5.82 Å². The molecule has 1 aromatic heterocycles. The molecule has 0 bridgehead atoms. The zero-order valence-corrected chi connectivity index (χ0v) is 17.0. The number of piperidine rings is 1. The van der Waals surface area contributed by atoms with Gasteiger partial charge < -0.3 is 15.1 Å². The average molecular weight is 388 g/mol. The monoisotopic (exact) mass is 387 g/mol. The number of halogens is 1. The topological polar surface area (TPSA) is 65.7 Å². The highest BCUT2D eigenvalue weighted by molar-refractivity contribution is 5.79. The van der Waals surface area contributed by atoms with Crippen molar-refractivity contribution in [3.8, 4) is 0 Å². The Labute approximate surface area is 166 Å². The second-order valence-corrected chi connectivity index (χ2v) is 7.37. The summed E-state index contributed by atoms with van der Waals surface area (Å²) in [4.78, 5) is 11.0. The Kier molecular flexibility index (Phi) is 7.03. The summed E-state index contributed by atoms with van der Waals surface area (Å²) in [5.74, 6) is 2.74. The molecule has 152 valence electrons. The molecule has 1 aromatic carbocycles. The molecule has 1 aliphatic rings. The summed E-state index contributed by atoms with van der Waals surface area (Å²) >= 11 is 0. The normalized spacial score (nSPS) is 16.4. The second-order valence-electron chi connectivity index (χ2n) is 7.37. The fourth-order valence-electron chi connectivity index (χ4n) is 3.45. The van der Waals surface area contributed by atoms with Gasteiger partial charge in [0, 0.05) is 25.7 Å². The summed E-state index contributed by atoms with van der Waals surface area (Å²) in [6.45, 7) is 7.89. The van der Waals surface area contributed by atoms with Crippen LogP contribution in [0.1, 0.15) is 35.7 Å². The minimum absolute atomic E-state index is 0.113. The van der Waals surface area contributed by atoms with Gasteiger partial charge >= 0.3 is 0 Å². The maximum absolute atomic E-state index is 13.8. The van der Waals surface area contributed by atoms with Crippen LogP contribution in [0.4, 0.5) is 4.39 Å². The number of aliphatic imine (C=N–C) groups is 1. The van der Waals surface area contributed by atoms with Gasteiger partial charge in [-0.2, -0.15) is 0 Å². The van der Waals surface area contributed by atoms with Crippen LogP contribution in [-0.2, 0) is 13.1 Å². The predicted molar refractivity (Wildman–Crippen MR) is 109 cm³/mol. The van der Waals surface area contributed by atoms with Crippen LogP contribution in [0.5, 0.6) is 0 Å². The summed E-state index contributed by atoms with van der Waals surface area (Å²) in [6.07, 6.45) is 2.19. The van der Waals surface area contributed by atoms with E-state index >= 15 is 0 Å². The summed E-state index contributed by atoms with van der Waals surface area (Å²) in [6, 6.07) is 7.04. The number of oxazole rings is 1. The van der Waals surface area contributed by atoms with Gasteiger partial charge in [-0.1, -0.05) is 18.2 Å². The van der Waals surface area contributed by atoms with Crippen molar-refractivity contribution in [1.82, 2.24) is 20.5 Å². The highest BCUT2D eigenvalue weighted by Crippen LogP contribution is 2.19. The van der Waals surface area contributed by atoms with Crippen molar-refractivity contribution < 1.29 is 8.81 Å². The first-order chi connectivity index (χ1) is 13.5. The van der Waals surface area contributed by atoms with Gasteiger partial charge in [-0.05, 0) is 51.8 Å². The van der Waals surface area contributed by atoms with E-state index < -0.39 is 0 Å². The largest absolute Gasteiger partial charge is 0.444 e. The van der Waals surface area contributed by atoms with Gasteiger partial charge in [0.2, 0.25) is 5.89 Å². The minimum Gasteiger partial charge on any atom is -0.444 e. The number of likely N-dealkylation sites (tertiary alicyclic amines) is 1. The van der Waals surface area contributed by atoms with Gasteiger partial charge in [-0.3, -0.25) is 9.89 Å². The fourth-order valence-corrected chi connectivity index (χ4v) is 3.45. The average Bonchev–Trinajstić information content (AvgIpc) is 3.02.